The molecule has 0 bridgehead atoms. The van der Waals surface area contributed by atoms with Crippen molar-refractivity contribution in [3.8, 4) is 0 Å². The van der Waals surface area contributed by atoms with Crippen molar-refractivity contribution >= 4 is 0 Å². The van der Waals surface area contributed by atoms with Crippen LogP contribution in [0.5, 0.6) is 0 Å². The first kappa shape index (κ1) is 15.7. The van der Waals surface area contributed by atoms with Crippen LogP contribution < -0.4 is 0 Å². The maximum atomic E-state index is 13.0. The SMILES string of the molecule is CC/C=C\C(=C/CC)OC/C=C\C(F)=C/CC. The van der Waals surface area contributed by atoms with Crippen LogP contribution in [0.25, 0.3) is 0 Å². The number of ether oxygens (including phenoxy) is 1. The second kappa shape index (κ2) is 11.2. The van der Waals surface area contributed by atoms with Crippen molar-refractivity contribution in [3.63, 3.8) is 0 Å². The highest BCUT2D eigenvalue weighted by molar-refractivity contribution is 5.13. The van der Waals surface area contributed by atoms with E-state index in [-0.39, 0.29) is 5.83 Å². The smallest absolute Gasteiger partial charge is 0.119 e. The summed E-state index contributed by atoms with van der Waals surface area (Å²) >= 11 is 0. The first-order valence-corrected chi connectivity index (χ1v) is 6.26. The van der Waals surface area contributed by atoms with E-state index in [0.29, 0.717) is 13.0 Å². The Balaban J connectivity index is 4.11. The van der Waals surface area contributed by atoms with Crippen LogP contribution in [0.4, 0.5) is 4.39 Å². The molecule has 0 rings (SSSR count). The molecule has 96 valence electrons. The van der Waals surface area contributed by atoms with Gasteiger partial charge < -0.3 is 4.74 Å². The van der Waals surface area contributed by atoms with E-state index in [1.165, 1.54) is 12.2 Å². The van der Waals surface area contributed by atoms with Gasteiger partial charge >= 0.3 is 0 Å². The molecule has 0 N–H and O–H groups in total. The maximum Gasteiger partial charge on any atom is 0.119 e. The van der Waals surface area contributed by atoms with Crippen LogP contribution in [0, 0.1) is 0 Å². The predicted octanol–water partition coefficient (Wildman–Crippen LogP) is 5.08. The predicted molar refractivity (Wildman–Crippen MR) is 72.4 cm³/mol. The van der Waals surface area contributed by atoms with Gasteiger partial charge in [0.25, 0.3) is 0 Å². The molecule has 0 radical (unpaired) electrons. The lowest BCUT2D eigenvalue weighted by atomic mass is 10.3. The van der Waals surface area contributed by atoms with Gasteiger partial charge in [0.15, 0.2) is 0 Å². The van der Waals surface area contributed by atoms with Crippen LogP contribution >= 0.6 is 0 Å². The highest BCUT2D eigenvalue weighted by Gasteiger charge is 1.90. The van der Waals surface area contributed by atoms with Gasteiger partial charge in [-0.25, -0.2) is 4.39 Å². The molecule has 0 aliphatic carbocycles. The van der Waals surface area contributed by atoms with Crippen molar-refractivity contribution in [2.75, 3.05) is 6.61 Å². The molecule has 2 heteroatoms. The molecule has 0 amide bonds. The Kier molecular flexibility index (Phi) is 10.3. The summed E-state index contributed by atoms with van der Waals surface area (Å²) in [6.07, 6.45) is 13.3. The van der Waals surface area contributed by atoms with Crippen LogP contribution in [0.1, 0.15) is 40.0 Å². The van der Waals surface area contributed by atoms with Crippen LogP contribution in [0.3, 0.4) is 0 Å². The molecule has 0 aromatic rings. The summed E-state index contributed by atoms with van der Waals surface area (Å²) in [7, 11) is 0. The largest absolute Gasteiger partial charge is 0.490 e. The topological polar surface area (TPSA) is 9.23 Å². The van der Waals surface area contributed by atoms with E-state index >= 15 is 0 Å². The average Bonchev–Trinajstić information content (AvgIpc) is 2.31. The summed E-state index contributed by atoms with van der Waals surface area (Å²) < 4.78 is 18.5. The minimum Gasteiger partial charge on any atom is -0.490 e. The van der Waals surface area contributed by atoms with Crippen LogP contribution in [-0.4, -0.2) is 6.61 Å². The van der Waals surface area contributed by atoms with Gasteiger partial charge in [0, 0.05) is 0 Å². The van der Waals surface area contributed by atoms with Crippen LogP contribution in [-0.2, 0) is 4.74 Å². The third-order valence-electron chi connectivity index (χ3n) is 1.95. The summed E-state index contributed by atoms with van der Waals surface area (Å²) in [5.74, 6) is 0.639. The Morgan fingerprint density at radius 2 is 1.65 bits per heavy atom. The fraction of sp³-hybridized carbons (Fsp3) is 0.467. The zero-order chi connectivity index (χ0) is 12.9. The molecule has 0 saturated heterocycles. The zero-order valence-corrected chi connectivity index (χ0v) is 11.1. The lowest BCUT2D eigenvalue weighted by molar-refractivity contribution is 0.260. The Morgan fingerprint density at radius 3 is 2.24 bits per heavy atom. The number of halogens is 1. The number of hydrogen-bond acceptors (Lipinski definition) is 1. The van der Waals surface area contributed by atoms with Gasteiger partial charge in [0.05, 0.1) is 0 Å². The fourth-order valence-electron chi connectivity index (χ4n) is 1.18. The molecule has 0 aliphatic heterocycles. The van der Waals surface area contributed by atoms with Gasteiger partial charge in [-0.05, 0) is 49.6 Å². The first-order valence-electron chi connectivity index (χ1n) is 6.26. The number of hydrogen-bond donors (Lipinski definition) is 0. The Hall–Kier alpha value is -1.31. The van der Waals surface area contributed by atoms with Gasteiger partial charge in [0.1, 0.15) is 18.2 Å². The van der Waals surface area contributed by atoms with E-state index in [0.717, 1.165) is 18.6 Å². The highest BCUT2D eigenvalue weighted by Crippen LogP contribution is 2.04. The van der Waals surface area contributed by atoms with E-state index in [1.807, 2.05) is 25.2 Å². The van der Waals surface area contributed by atoms with Crippen molar-refractivity contribution in [2.45, 2.75) is 40.0 Å². The monoisotopic (exact) mass is 238 g/mol. The average molecular weight is 238 g/mol. The maximum absolute atomic E-state index is 13.0. The minimum atomic E-state index is -0.207. The van der Waals surface area contributed by atoms with Crippen LogP contribution in [0.2, 0.25) is 0 Å². The zero-order valence-electron chi connectivity index (χ0n) is 11.1. The number of rotatable bonds is 8. The third-order valence-corrected chi connectivity index (χ3v) is 1.95. The van der Waals surface area contributed by atoms with E-state index < -0.39 is 0 Å². The standard InChI is InChI=1S/C15H23FO/c1-4-7-12-15(10-6-3)17-13-8-11-14(16)9-5-2/h7-12H,4-6,13H2,1-3H3/b11-8-,12-7-,14-9+,15-10+. The lowest BCUT2D eigenvalue weighted by Gasteiger charge is -2.03. The minimum absolute atomic E-state index is 0.207. The van der Waals surface area contributed by atoms with E-state index in [2.05, 4.69) is 13.8 Å². The summed E-state index contributed by atoms with van der Waals surface area (Å²) in [5.41, 5.74) is 0. The number of allylic oxidation sites excluding steroid dienone is 6. The molecule has 0 aromatic heterocycles. The first-order chi connectivity index (χ1) is 8.24. The molecule has 0 aliphatic rings. The molecule has 0 saturated carbocycles. The molecule has 0 atom stereocenters. The van der Waals surface area contributed by atoms with Crippen molar-refractivity contribution < 1.29 is 9.13 Å². The lowest BCUT2D eigenvalue weighted by Crippen LogP contribution is -1.89. The molecular weight excluding hydrogens is 215 g/mol. The van der Waals surface area contributed by atoms with E-state index in [9.17, 15) is 4.39 Å². The fourth-order valence-corrected chi connectivity index (χ4v) is 1.18. The molecule has 17 heavy (non-hydrogen) atoms. The summed E-state index contributed by atoms with van der Waals surface area (Å²) in [6.45, 7) is 6.43. The molecule has 0 unspecified atom stereocenters. The Morgan fingerprint density at radius 1 is 0.941 bits per heavy atom. The van der Waals surface area contributed by atoms with Crippen molar-refractivity contribution in [1.29, 1.82) is 0 Å². The van der Waals surface area contributed by atoms with E-state index in [4.69, 9.17) is 4.74 Å². The van der Waals surface area contributed by atoms with Gasteiger partial charge in [-0.3, -0.25) is 0 Å². The second-order valence-corrected chi connectivity index (χ2v) is 3.54. The Bertz CT molecular complexity index is 298. The van der Waals surface area contributed by atoms with Gasteiger partial charge in [-0.1, -0.05) is 26.8 Å². The summed E-state index contributed by atoms with van der Waals surface area (Å²) in [5, 5.41) is 0. The third kappa shape index (κ3) is 9.61. The quantitative estimate of drug-likeness (QED) is 0.423. The van der Waals surface area contributed by atoms with Gasteiger partial charge in [0.2, 0.25) is 0 Å². The highest BCUT2D eigenvalue weighted by atomic mass is 19.1. The van der Waals surface area contributed by atoms with Crippen molar-refractivity contribution in [1.82, 2.24) is 0 Å². The normalized spacial score (nSPS) is 13.9. The molecule has 1 nitrogen and oxygen atoms in total. The second-order valence-electron chi connectivity index (χ2n) is 3.54. The van der Waals surface area contributed by atoms with Crippen molar-refractivity contribution in [2.24, 2.45) is 0 Å². The van der Waals surface area contributed by atoms with Gasteiger partial charge in [-0.2, -0.15) is 0 Å². The summed E-state index contributed by atoms with van der Waals surface area (Å²) in [6, 6.07) is 0. The molecule has 0 heterocycles. The molecule has 0 fully saturated rings. The van der Waals surface area contributed by atoms with Gasteiger partial charge in [-0.15, -0.1) is 0 Å². The molecule has 0 spiro atoms. The van der Waals surface area contributed by atoms with Crippen molar-refractivity contribution in [3.05, 3.63) is 48.0 Å². The molecular formula is C15H23FO. The van der Waals surface area contributed by atoms with E-state index in [1.54, 1.807) is 6.08 Å². The summed E-state index contributed by atoms with van der Waals surface area (Å²) in [4.78, 5) is 0. The molecule has 0 aromatic carbocycles. The van der Waals surface area contributed by atoms with Crippen LogP contribution in [0.15, 0.2) is 48.0 Å². The Labute approximate surface area is 104 Å².